The first kappa shape index (κ1) is 19.6. The van der Waals surface area contributed by atoms with Crippen LogP contribution in [-0.4, -0.2) is 22.0 Å². The molecule has 3 rings (SSSR count). The molecule has 0 saturated carbocycles. The Bertz CT molecular complexity index is 1010. The number of amides is 1. The standard InChI is InChI=1S/C21H20N2O4S/c1-13-4-7-18(10-14(13)2)23(15(3)24)21-22-17(12-28-21)11-27-20(26)16-5-8-19(25)9-6-16/h4-10,12,25H,11H2,1-3H3. The molecule has 0 spiro atoms. The van der Waals surface area contributed by atoms with E-state index < -0.39 is 5.97 Å². The summed E-state index contributed by atoms with van der Waals surface area (Å²) in [6.07, 6.45) is 0. The number of hydrogen-bond donors (Lipinski definition) is 1. The van der Waals surface area contributed by atoms with Crippen molar-refractivity contribution in [2.75, 3.05) is 4.90 Å². The Labute approximate surface area is 167 Å². The maximum Gasteiger partial charge on any atom is 0.338 e. The van der Waals surface area contributed by atoms with Crippen molar-refractivity contribution in [3.8, 4) is 5.75 Å². The molecule has 1 heterocycles. The summed E-state index contributed by atoms with van der Waals surface area (Å²) in [5.41, 5.74) is 3.88. The van der Waals surface area contributed by atoms with E-state index in [1.165, 1.54) is 42.5 Å². The quantitative estimate of drug-likeness (QED) is 0.642. The van der Waals surface area contributed by atoms with Crippen molar-refractivity contribution in [2.24, 2.45) is 0 Å². The van der Waals surface area contributed by atoms with E-state index in [0.717, 1.165) is 16.8 Å². The van der Waals surface area contributed by atoms with Crippen molar-refractivity contribution < 1.29 is 19.4 Å². The zero-order valence-electron chi connectivity index (χ0n) is 15.8. The van der Waals surface area contributed by atoms with Gasteiger partial charge in [0.15, 0.2) is 5.13 Å². The highest BCUT2D eigenvalue weighted by atomic mass is 32.1. The molecule has 0 fully saturated rings. The van der Waals surface area contributed by atoms with E-state index in [0.29, 0.717) is 16.4 Å². The molecule has 1 aromatic heterocycles. The Morgan fingerprint density at radius 1 is 1.11 bits per heavy atom. The molecule has 0 bridgehead atoms. The second-order valence-electron chi connectivity index (χ2n) is 6.37. The lowest BCUT2D eigenvalue weighted by molar-refractivity contribution is -0.115. The van der Waals surface area contributed by atoms with Gasteiger partial charge in [-0.2, -0.15) is 0 Å². The molecule has 28 heavy (non-hydrogen) atoms. The Balaban J connectivity index is 1.74. The van der Waals surface area contributed by atoms with Crippen LogP contribution in [0.4, 0.5) is 10.8 Å². The third-order valence-electron chi connectivity index (χ3n) is 4.25. The number of benzene rings is 2. The molecule has 2 aromatic carbocycles. The SMILES string of the molecule is CC(=O)N(c1ccc(C)c(C)c1)c1nc(COC(=O)c2ccc(O)cc2)cs1. The lowest BCUT2D eigenvalue weighted by Crippen LogP contribution is -2.22. The van der Waals surface area contributed by atoms with E-state index in [1.54, 1.807) is 10.3 Å². The van der Waals surface area contributed by atoms with Crippen LogP contribution in [0.5, 0.6) is 5.75 Å². The normalized spacial score (nSPS) is 10.5. The van der Waals surface area contributed by atoms with Crippen molar-refractivity contribution in [2.45, 2.75) is 27.4 Å². The lowest BCUT2D eigenvalue weighted by Gasteiger charge is -2.19. The van der Waals surface area contributed by atoms with Gasteiger partial charge >= 0.3 is 5.97 Å². The van der Waals surface area contributed by atoms with Crippen molar-refractivity contribution >= 4 is 34.0 Å². The van der Waals surface area contributed by atoms with E-state index in [9.17, 15) is 14.7 Å². The minimum absolute atomic E-state index is 0.00508. The molecule has 1 N–H and O–H groups in total. The zero-order chi connectivity index (χ0) is 20.3. The van der Waals surface area contributed by atoms with Crippen molar-refractivity contribution in [3.05, 3.63) is 70.2 Å². The van der Waals surface area contributed by atoms with Gasteiger partial charge in [-0.1, -0.05) is 6.07 Å². The Hall–Kier alpha value is -3.19. The van der Waals surface area contributed by atoms with Gasteiger partial charge in [-0.3, -0.25) is 9.69 Å². The van der Waals surface area contributed by atoms with Crippen LogP contribution >= 0.6 is 11.3 Å². The van der Waals surface area contributed by atoms with Gasteiger partial charge in [-0.05, 0) is 61.4 Å². The van der Waals surface area contributed by atoms with E-state index in [-0.39, 0.29) is 18.3 Å². The first-order valence-electron chi connectivity index (χ1n) is 8.63. The molecule has 0 unspecified atom stereocenters. The van der Waals surface area contributed by atoms with Gasteiger partial charge in [-0.25, -0.2) is 9.78 Å². The number of ether oxygens (including phenoxy) is 1. The topological polar surface area (TPSA) is 79.7 Å². The van der Waals surface area contributed by atoms with Crippen LogP contribution in [0.2, 0.25) is 0 Å². The largest absolute Gasteiger partial charge is 0.508 e. The highest BCUT2D eigenvalue weighted by Gasteiger charge is 2.19. The summed E-state index contributed by atoms with van der Waals surface area (Å²) in [6, 6.07) is 11.6. The van der Waals surface area contributed by atoms with Crippen LogP contribution in [0.3, 0.4) is 0 Å². The van der Waals surface area contributed by atoms with Gasteiger partial charge in [0.2, 0.25) is 5.91 Å². The highest BCUT2D eigenvalue weighted by Crippen LogP contribution is 2.30. The third-order valence-corrected chi connectivity index (χ3v) is 5.12. The first-order chi connectivity index (χ1) is 13.3. The molecule has 0 atom stereocenters. The fourth-order valence-electron chi connectivity index (χ4n) is 2.58. The van der Waals surface area contributed by atoms with Gasteiger partial charge in [0, 0.05) is 12.3 Å². The number of anilines is 2. The lowest BCUT2D eigenvalue weighted by atomic mass is 10.1. The fourth-order valence-corrected chi connectivity index (χ4v) is 3.45. The molecule has 0 aliphatic heterocycles. The smallest absolute Gasteiger partial charge is 0.338 e. The maximum atomic E-state index is 12.2. The van der Waals surface area contributed by atoms with Crippen LogP contribution in [0.1, 0.15) is 34.1 Å². The molecule has 0 aliphatic rings. The van der Waals surface area contributed by atoms with E-state index >= 15 is 0 Å². The summed E-state index contributed by atoms with van der Waals surface area (Å²) in [6.45, 7) is 5.49. The average molecular weight is 396 g/mol. The number of carbonyl (C=O) groups is 2. The number of rotatable bonds is 5. The Morgan fingerprint density at radius 2 is 1.82 bits per heavy atom. The number of hydrogen-bond acceptors (Lipinski definition) is 6. The molecule has 0 radical (unpaired) electrons. The maximum absolute atomic E-state index is 12.2. The van der Waals surface area contributed by atoms with Crippen LogP contribution in [0.25, 0.3) is 0 Å². The highest BCUT2D eigenvalue weighted by molar-refractivity contribution is 7.14. The summed E-state index contributed by atoms with van der Waals surface area (Å²) >= 11 is 1.31. The number of aryl methyl sites for hydroxylation is 2. The minimum atomic E-state index is -0.507. The molecule has 0 aliphatic carbocycles. The number of aromatic nitrogens is 1. The molecular formula is C21H20N2O4S. The summed E-state index contributed by atoms with van der Waals surface area (Å²) < 4.78 is 5.27. The van der Waals surface area contributed by atoms with Crippen molar-refractivity contribution in [3.63, 3.8) is 0 Å². The monoisotopic (exact) mass is 396 g/mol. The Morgan fingerprint density at radius 3 is 2.46 bits per heavy atom. The third kappa shape index (κ3) is 4.37. The summed E-state index contributed by atoms with van der Waals surface area (Å²) in [5.74, 6) is -0.575. The average Bonchev–Trinajstić information content (AvgIpc) is 3.11. The number of carbonyl (C=O) groups excluding carboxylic acids is 2. The molecular weight excluding hydrogens is 376 g/mol. The predicted octanol–water partition coefficient (Wildman–Crippen LogP) is 4.51. The number of phenols is 1. The van der Waals surface area contributed by atoms with Crippen LogP contribution < -0.4 is 4.90 Å². The fraction of sp³-hybridized carbons (Fsp3) is 0.190. The first-order valence-corrected chi connectivity index (χ1v) is 9.51. The number of phenolic OH excluding ortho intramolecular Hbond substituents is 1. The number of aromatic hydroxyl groups is 1. The van der Waals surface area contributed by atoms with Crippen molar-refractivity contribution in [1.29, 1.82) is 0 Å². The number of esters is 1. The molecule has 3 aromatic rings. The van der Waals surface area contributed by atoms with Crippen molar-refractivity contribution in [1.82, 2.24) is 4.98 Å². The second kappa shape index (κ2) is 8.22. The Kier molecular flexibility index (Phi) is 5.75. The minimum Gasteiger partial charge on any atom is -0.508 e. The number of thiazole rings is 1. The predicted molar refractivity (Wildman–Crippen MR) is 108 cm³/mol. The summed E-state index contributed by atoms with van der Waals surface area (Å²) in [5, 5.41) is 11.6. The molecule has 0 saturated heterocycles. The molecule has 6 nitrogen and oxygen atoms in total. The van der Waals surface area contributed by atoms with Gasteiger partial charge in [0.1, 0.15) is 12.4 Å². The summed E-state index contributed by atoms with van der Waals surface area (Å²) in [7, 11) is 0. The van der Waals surface area contributed by atoms with Gasteiger partial charge in [0.25, 0.3) is 0 Å². The van der Waals surface area contributed by atoms with E-state index in [2.05, 4.69) is 4.98 Å². The molecule has 1 amide bonds. The zero-order valence-corrected chi connectivity index (χ0v) is 16.6. The van der Waals surface area contributed by atoms with Gasteiger partial charge in [0.05, 0.1) is 16.9 Å². The van der Waals surface area contributed by atoms with E-state index in [1.807, 2.05) is 32.0 Å². The molecule has 7 heteroatoms. The second-order valence-corrected chi connectivity index (χ2v) is 7.20. The number of nitrogens with zero attached hydrogens (tertiary/aromatic N) is 2. The molecule has 144 valence electrons. The van der Waals surface area contributed by atoms with Crippen LogP contribution in [0.15, 0.2) is 47.8 Å². The summed E-state index contributed by atoms with van der Waals surface area (Å²) in [4.78, 5) is 30.3. The van der Waals surface area contributed by atoms with Crippen LogP contribution in [0, 0.1) is 13.8 Å². The van der Waals surface area contributed by atoms with E-state index in [4.69, 9.17) is 4.74 Å². The van der Waals surface area contributed by atoms with Gasteiger partial charge < -0.3 is 9.84 Å². The van der Waals surface area contributed by atoms with Crippen LogP contribution in [-0.2, 0) is 16.1 Å². The van der Waals surface area contributed by atoms with Gasteiger partial charge in [-0.15, -0.1) is 11.3 Å².